The lowest BCUT2D eigenvalue weighted by molar-refractivity contribution is 0.0505. The number of benzene rings is 1. The summed E-state index contributed by atoms with van der Waals surface area (Å²) < 4.78 is 10.6. The van der Waals surface area contributed by atoms with Gasteiger partial charge in [0.15, 0.2) is 0 Å². The van der Waals surface area contributed by atoms with E-state index in [4.69, 9.17) is 15.2 Å². The number of anilines is 1. The molecule has 0 unspecified atom stereocenters. The highest BCUT2D eigenvalue weighted by Gasteiger charge is 2.10. The van der Waals surface area contributed by atoms with Gasteiger partial charge in [-0.3, -0.25) is 0 Å². The molecule has 0 bridgehead atoms. The fraction of sp³-hybridized carbons (Fsp3) is 0.500. The van der Waals surface area contributed by atoms with Crippen LogP contribution in [0.25, 0.3) is 0 Å². The fourth-order valence-electron chi connectivity index (χ4n) is 1.34. The van der Waals surface area contributed by atoms with Crippen molar-refractivity contribution in [2.24, 2.45) is 5.92 Å². The summed E-state index contributed by atoms with van der Waals surface area (Å²) in [5.41, 5.74) is 6.76. The lowest BCUT2D eigenvalue weighted by atomic mass is 10.2. The first-order valence-corrected chi connectivity index (χ1v) is 6.24. The summed E-state index contributed by atoms with van der Waals surface area (Å²) in [6, 6.07) is 4.97. The molecule has 4 nitrogen and oxygen atoms in total. The van der Waals surface area contributed by atoms with Gasteiger partial charge in [-0.25, -0.2) is 4.79 Å². The van der Waals surface area contributed by atoms with E-state index in [0.717, 1.165) is 6.42 Å². The average Bonchev–Trinajstić information content (AvgIpc) is 2.34. The van der Waals surface area contributed by atoms with Crippen molar-refractivity contribution in [3.63, 3.8) is 0 Å². The lowest BCUT2D eigenvalue weighted by Crippen LogP contribution is -2.09. The molecule has 0 spiro atoms. The molecule has 0 aliphatic rings. The molecule has 18 heavy (non-hydrogen) atoms. The van der Waals surface area contributed by atoms with E-state index in [9.17, 15) is 4.79 Å². The SMILES string of the molecule is CCCOC(=O)c1ccc(OCC(C)C)c(N)c1. The van der Waals surface area contributed by atoms with Crippen LogP contribution in [0.4, 0.5) is 5.69 Å². The number of ether oxygens (including phenoxy) is 2. The molecule has 2 N–H and O–H groups in total. The van der Waals surface area contributed by atoms with Crippen molar-refractivity contribution in [1.82, 2.24) is 0 Å². The van der Waals surface area contributed by atoms with Gasteiger partial charge in [-0.2, -0.15) is 0 Å². The first-order chi connectivity index (χ1) is 8.54. The minimum Gasteiger partial charge on any atom is -0.491 e. The Morgan fingerprint density at radius 1 is 1.39 bits per heavy atom. The molecule has 0 radical (unpaired) electrons. The highest BCUT2D eigenvalue weighted by molar-refractivity contribution is 5.91. The maximum atomic E-state index is 11.6. The summed E-state index contributed by atoms with van der Waals surface area (Å²) in [6.07, 6.45) is 0.802. The molecular weight excluding hydrogens is 230 g/mol. The molecule has 0 aromatic heterocycles. The van der Waals surface area contributed by atoms with E-state index in [-0.39, 0.29) is 5.97 Å². The Hall–Kier alpha value is -1.71. The smallest absolute Gasteiger partial charge is 0.338 e. The van der Waals surface area contributed by atoms with Gasteiger partial charge in [0.1, 0.15) is 5.75 Å². The van der Waals surface area contributed by atoms with Crippen molar-refractivity contribution in [3.05, 3.63) is 23.8 Å². The van der Waals surface area contributed by atoms with E-state index in [1.807, 2.05) is 6.92 Å². The number of carbonyl (C=O) groups excluding carboxylic acids is 1. The minimum atomic E-state index is -0.348. The van der Waals surface area contributed by atoms with Gasteiger partial charge in [-0.1, -0.05) is 20.8 Å². The first kappa shape index (κ1) is 14.4. The van der Waals surface area contributed by atoms with E-state index in [0.29, 0.717) is 36.1 Å². The van der Waals surface area contributed by atoms with Crippen LogP contribution in [-0.2, 0) is 4.74 Å². The average molecular weight is 251 g/mol. The third-order valence-corrected chi connectivity index (χ3v) is 2.25. The van der Waals surface area contributed by atoms with Crippen molar-refractivity contribution < 1.29 is 14.3 Å². The number of nitrogen functional groups attached to an aromatic ring is 1. The van der Waals surface area contributed by atoms with Crippen molar-refractivity contribution >= 4 is 11.7 Å². The summed E-state index contributed by atoms with van der Waals surface area (Å²) in [4.78, 5) is 11.6. The van der Waals surface area contributed by atoms with Gasteiger partial charge in [-0.05, 0) is 30.5 Å². The molecule has 0 aliphatic carbocycles. The van der Waals surface area contributed by atoms with E-state index in [1.54, 1.807) is 18.2 Å². The third-order valence-electron chi connectivity index (χ3n) is 2.25. The lowest BCUT2D eigenvalue weighted by Gasteiger charge is -2.11. The van der Waals surface area contributed by atoms with Crippen LogP contribution in [-0.4, -0.2) is 19.2 Å². The number of hydrogen-bond acceptors (Lipinski definition) is 4. The van der Waals surface area contributed by atoms with Gasteiger partial charge in [0, 0.05) is 0 Å². The van der Waals surface area contributed by atoms with E-state index >= 15 is 0 Å². The molecule has 1 rings (SSSR count). The standard InChI is InChI=1S/C14H21NO3/c1-4-7-17-14(16)11-5-6-13(12(15)8-11)18-9-10(2)3/h5-6,8,10H,4,7,9,15H2,1-3H3. The number of hydrogen-bond donors (Lipinski definition) is 1. The zero-order valence-corrected chi connectivity index (χ0v) is 11.2. The predicted octanol–water partition coefficient (Wildman–Crippen LogP) is 2.87. The molecule has 0 saturated heterocycles. The summed E-state index contributed by atoms with van der Waals surface area (Å²) >= 11 is 0. The Morgan fingerprint density at radius 3 is 2.67 bits per heavy atom. The number of rotatable bonds is 6. The van der Waals surface area contributed by atoms with Crippen molar-refractivity contribution in [1.29, 1.82) is 0 Å². The van der Waals surface area contributed by atoms with Crippen LogP contribution in [0.1, 0.15) is 37.6 Å². The summed E-state index contributed by atoms with van der Waals surface area (Å²) in [5.74, 6) is 0.688. The summed E-state index contributed by atoms with van der Waals surface area (Å²) in [6.45, 7) is 7.10. The Bertz CT molecular complexity index is 402. The predicted molar refractivity (Wildman–Crippen MR) is 71.8 cm³/mol. The number of esters is 1. The Kier molecular flexibility index (Phi) is 5.49. The zero-order chi connectivity index (χ0) is 13.5. The van der Waals surface area contributed by atoms with E-state index < -0.39 is 0 Å². The molecule has 0 fully saturated rings. The second-order valence-electron chi connectivity index (χ2n) is 4.59. The van der Waals surface area contributed by atoms with Gasteiger partial charge >= 0.3 is 5.97 Å². The van der Waals surface area contributed by atoms with Gasteiger partial charge in [0.25, 0.3) is 0 Å². The van der Waals surface area contributed by atoms with Gasteiger partial charge in [0.05, 0.1) is 24.5 Å². The van der Waals surface area contributed by atoms with E-state index in [2.05, 4.69) is 13.8 Å². The third kappa shape index (κ3) is 4.28. The van der Waals surface area contributed by atoms with Crippen LogP contribution >= 0.6 is 0 Å². The molecule has 1 aromatic rings. The second kappa shape index (κ2) is 6.89. The van der Waals surface area contributed by atoms with Crippen LogP contribution in [0.2, 0.25) is 0 Å². The number of nitrogens with two attached hydrogens (primary N) is 1. The Labute approximate surface area is 108 Å². The van der Waals surface area contributed by atoms with E-state index in [1.165, 1.54) is 0 Å². The van der Waals surface area contributed by atoms with Crippen molar-refractivity contribution in [2.45, 2.75) is 27.2 Å². The van der Waals surface area contributed by atoms with Gasteiger partial charge < -0.3 is 15.2 Å². The van der Waals surface area contributed by atoms with Crippen LogP contribution in [0.3, 0.4) is 0 Å². The molecule has 0 amide bonds. The van der Waals surface area contributed by atoms with Gasteiger partial charge in [0.2, 0.25) is 0 Å². The van der Waals surface area contributed by atoms with Crippen molar-refractivity contribution in [3.8, 4) is 5.75 Å². The molecule has 0 heterocycles. The quantitative estimate of drug-likeness (QED) is 0.623. The topological polar surface area (TPSA) is 61.5 Å². The maximum absolute atomic E-state index is 11.6. The monoisotopic (exact) mass is 251 g/mol. The van der Waals surface area contributed by atoms with Crippen molar-refractivity contribution in [2.75, 3.05) is 18.9 Å². The largest absolute Gasteiger partial charge is 0.491 e. The molecule has 0 atom stereocenters. The highest BCUT2D eigenvalue weighted by Crippen LogP contribution is 2.23. The fourth-order valence-corrected chi connectivity index (χ4v) is 1.34. The molecule has 0 aliphatic heterocycles. The molecule has 4 heteroatoms. The van der Waals surface area contributed by atoms with Gasteiger partial charge in [-0.15, -0.1) is 0 Å². The first-order valence-electron chi connectivity index (χ1n) is 6.24. The summed E-state index contributed by atoms with van der Waals surface area (Å²) in [5, 5.41) is 0. The molecule has 100 valence electrons. The van der Waals surface area contributed by atoms with Crippen LogP contribution in [0.5, 0.6) is 5.75 Å². The minimum absolute atomic E-state index is 0.348. The molecular formula is C14H21NO3. The summed E-state index contributed by atoms with van der Waals surface area (Å²) in [7, 11) is 0. The Balaban J connectivity index is 2.69. The second-order valence-corrected chi connectivity index (χ2v) is 4.59. The normalized spacial score (nSPS) is 10.4. The Morgan fingerprint density at radius 2 is 2.11 bits per heavy atom. The molecule has 0 saturated carbocycles. The maximum Gasteiger partial charge on any atom is 0.338 e. The molecule has 1 aromatic carbocycles. The van der Waals surface area contributed by atoms with Crippen LogP contribution in [0.15, 0.2) is 18.2 Å². The number of carbonyl (C=O) groups is 1. The van der Waals surface area contributed by atoms with Crippen LogP contribution in [0, 0.1) is 5.92 Å². The highest BCUT2D eigenvalue weighted by atomic mass is 16.5. The zero-order valence-electron chi connectivity index (χ0n) is 11.2. The van der Waals surface area contributed by atoms with Crippen LogP contribution < -0.4 is 10.5 Å².